The molecule has 3 aromatic heterocycles. The molecule has 10 nitrogen and oxygen atoms in total. The highest BCUT2D eigenvalue weighted by Gasteiger charge is 2.24. The molecule has 0 unspecified atom stereocenters. The fourth-order valence-electron chi connectivity index (χ4n) is 4.62. The summed E-state index contributed by atoms with van der Waals surface area (Å²) >= 11 is 0. The molecule has 42 heavy (non-hydrogen) atoms. The minimum atomic E-state index is -0.381. The molecule has 1 amide bonds. The molecule has 1 fully saturated rings. The predicted molar refractivity (Wildman–Crippen MR) is 150 cm³/mol. The maximum atomic E-state index is 13.6. The molecule has 1 aliphatic heterocycles. The average Bonchev–Trinajstić information content (AvgIpc) is 3.45. The predicted octanol–water partition coefficient (Wildman–Crippen LogP) is 4.00. The molecule has 0 aliphatic carbocycles. The normalized spacial score (nSPS) is 13.3. The lowest BCUT2D eigenvalue weighted by molar-refractivity contribution is -0.132. The van der Waals surface area contributed by atoms with Gasteiger partial charge in [-0.05, 0) is 54.6 Å². The molecular weight excluding hydrogens is 542 g/mol. The number of hydrogen-bond donors (Lipinski definition) is 0. The molecule has 2 aromatic carbocycles. The van der Waals surface area contributed by atoms with Gasteiger partial charge in [0.15, 0.2) is 11.6 Å². The lowest BCUT2D eigenvalue weighted by Crippen LogP contribution is -2.50. The minimum absolute atomic E-state index is 0.0548. The number of aromatic nitrogens is 6. The molecule has 0 atom stereocenters. The van der Waals surface area contributed by atoms with Crippen LogP contribution in [-0.2, 0) is 17.9 Å². The summed E-state index contributed by atoms with van der Waals surface area (Å²) in [5.74, 6) is 1.06. The number of carbonyl (C=O) groups is 1. The second-order valence-corrected chi connectivity index (χ2v) is 9.66. The van der Waals surface area contributed by atoms with Gasteiger partial charge in [-0.1, -0.05) is 6.07 Å². The number of nitrogens with zero attached hydrogens (tertiary/aromatic N) is 8. The zero-order valence-electron chi connectivity index (χ0n) is 22.5. The van der Waals surface area contributed by atoms with Crippen molar-refractivity contribution >= 4 is 11.7 Å². The summed E-state index contributed by atoms with van der Waals surface area (Å²) < 4.78 is 34.4. The maximum Gasteiger partial charge on any atom is 0.244 e. The molecule has 4 heterocycles. The number of pyridine rings is 1. The Morgan fingerprint density at radius 1 is 0.881 bits per heavy atom. The van der Waals surface area contributed by atoms with Crippen molar-refractivity contribution in [1.29, 1.82) is 0 Å². The molecule has 0 radical (unpaired) electrons. The Kier molecular flexibility index (Phi) is 7.75. The second kappa shape index (κ2) is 12.1. The van der Waals surface area contributed by atoms with Gasteiger partial charge in [0.1, 0.15) is 36.9 Å². The van der Waals surface area contributed by atoms with Gasteiger partial charge in [0.2, 0.25) is 11.8 Å². The van der Waals surface area contributed by atoms with E-state index in [0.29, 0.717) is 61.4 Å². The van der Waals surface area contributed by atoms with Crippen molar-refractivity contribution in [1.82, 2.24) is 34.6 Å². The van der Waals surface area contributed by atoms with Crippen LogP contribution in [0.5, 0.6) is 5.88 Å². The van der Waals surface area contributed by atoms with Crippen LogP contribution in [0.25, 0.3) is 22.8 Å². The number of rotatable bonds is 8. The zero-order chi connectivity index (χ0) is 28.9. The van der Waals surface area contributed by atoms with Gasteiger partial charge in [-0.25, -0.2) is 28.4 Å². The first kappa shape index (κ1) is 26.9. The number of amides is 1. The van der Waals surface area contributed by atoms with Crippen LogP contribution in [0.4, 0.5) is 14.6 Å². The first-order valence-corrected chi connectivity index (χ1v) is 13.3. The first-order valence-electron chi connectivity index (χ1n) is 13.3. The Hall–Kier alpha value is -5.26. The third kappa shape index (κ3) is 6.22. The van der Waals surface area contributed by atoms with Gasteiger partial charge in [-0.2, -0.15) is 0 Å². The lowest BCUT2D eigenvalue weighted by atomic mass is 10.2. The van der Waals surface area contributed by atoms with E-state index in [1.54, 1.807) is 47.6 Å². The summed E-state index contributed by atoms with van der Waals surface area (Å²) in [4.78, 5) is 34.5. The number of carbonyl (C=O) groups excluding carboxylic acids is 1. The van der Waals surface area contributed by atoms with Crippen molar-refractivity contribution in [2.75, 3.05) is 31.1 Å². The third-order valence-electron chi connectivity index (χ3n) is 6.86. The molecule has 0 bridgehead atoms. The fourth-order valence-corrected chi connectivity index (χ4v) is 4.62. The topological polar surface area (TPSA) is 102 Å². The Balaban J connectivity index is 1.12. The van der Waals surface area contributed by atoms with E-state index >= 15 is 0 Å². The molecule has 0 spiro atoms. The van der Waals surface area contributed by atoms with Gasteiger partial charge in [0, 0.05) is 61.3 Å². The maximum absolute atomic E-state index is 13.6. The van der Waals surface area contributed by atoms with Gasteiger partial charge in [-0.3, -0.25) is 9.78 Å². The highest BCUT2D eigenvalue weighted by atomic mass is 19.1. The first-order chi connectivity index (χ1) is 20.5. The number of halogens is 2. The summed E-state index contributed by atoms with van der Waals surface area (Å²) in [6.07, 6.45) is 4.91. The fraction of sp³-hybridized carbons (Fsp3) is 0.200. The number of ether oxygens (including phenoxy) is 1. The zero-order valence-corrected chi connectivity index (χ0v) is 22.5. The van der Waals surface area contributed by atoms with Crippen LogP contribution in [0.15, 0.2) is 85.5 Å². The smallest absolute Gasteiger partial charge is 0.244 e. The molecule has 5 aromatic rings. The van der Waals surface area contributed by atoms with E-state index in [2.05, 4.69) is 29.9 Å². The monoisotopic (exact) mass is 568 g/mol. The standard InChI is InChI=1S/C30H26F2N8O2/c31-24-7-3-22(4-8-24)29-36-30(23-5-9-25(32)10-6-23)40(37-29)18-28(41)39-14-12-38(13-15-39)26-16-27(35-20-34-26)42-19-21-2-1-11-33-17-21/h1-11,16-17,20H,12-15,18-19H2. The van der Waals surface area contributed by atoms with E-state index in [4.69, 9.17) is 4.74 Å². The minimum Gasteiger partial charge on any atom is -0.473 e. The summed E-state index contributed by atoms with van der Waals surface area (Å²) in [5.41, 5.74) is 2.15. The van der Waals surface area contributed by atoms with Crippen LogP contribution in [0.1, 0.15) is 5.56 Å². The van der Waals surface area contributed by atoms with E-state index in [-0.39, 0.29) is 24.1 Å². The Morgan fingerprint density at radius 2 is 1.60 bits per heavy atom. The summed E-state index contributed by atoms with van der Waals surface area (Å²) in [6.45, 7) is 2.42. The Labute approximate surface area is 240 Å². The summed E-state index contributed by atoms with van der Waals surface area (Å²) in [7, 11) is 0. The van der Waals surface area contributed by atoms with E-state index in [1.165, 1.54) is 35.3 Å². The number of benzene rings is 2. The molecular formula is C30H26F2N8O2. The van der Waals surface area contributed by atoms with Gasteiger partial charge in [0.05, 0.1) is 0 Å². The average molecular weight is 569 g/mol. The second-order valence-electron chi connectivity index (χ2n) is 9.66. The largest absolute Gasteiger partial charge is 0.473 e. The quantitative estimate of drug-likeness (QED) is 0.277. The molecule has 1 saturated heterocycles. The summed E-state index contributed by atoms with van der Waals surface area (Å²) in [6, 6.07) is 17.2. The van der Waals surface area contributed by atoms with Gasteiger partial charge in [-0.15, -0.1) is 5.10 Å². The van der Waals surface area contributed by atoms with Gasteiger partial charge in [0.25, 0.3) is 0 Å². The molecule has 6 rings (SSSR count). The van der Waals surface area contributed by atoms with E-state index < -0.39 is 0 Å². The summed E-state index contributed by atoms with van der Waals surface area (Å²) in [5, 5.41) is 4.55. The van der Waals surface area contributed by atoms with E-state index in [0.717, 1.165) is 11.4 Å². The van der Waals surface area contributed by atoms with Crippen molar-refractivity contribution in [3.8, 4) is 28.7 Å². The van der Waals surface area contributed by atoms with E-state index in [1.807, 2.05) is 12.1 Å². The van der Waals surface area contributed by atoms with Crippen LogP contribution in [0, 0.1) is 11.6 Å². The number of anilines is 1. The van der Waals surface area contributed by atoms with Crippen molar-refractivity contribution in [3.05, 3.63) is 103 Å². The van der Waals surface area contributed by atoms with Gasteiger partial charge >= 0.3 is 0 Å². The van der Waals surface area contributed by atoms with Crippen LogP contribution >= 0.6 is 0 Å². The van der Waals surface area contributed by atoms with Crippen molar-refractivity contribution in [2.24, 2.45) is 0 Å². The lowest BCUT2D eigenvalue weighted by Gasteiger charge is -2.35. The van der Waals surface area contributed by atoms with Crippen LogP contribution < -0.4 is 9.64 Å². The SMILES string of the molecule is O=C(Cn1nc(-c2ccc(F)cc2)nc1-c1ccc(F)cc1)N1CCN(c2cc(OCc3cccnc3)ncn2)CC1. The van der Waals surface area contributed by atoms with Crippen molar-refractivity contribution in [3.63, 3.8) is 0 Å². The highest BCUT2D eigenvalue weighted by molar-refractivity contribution is 5.77. The molecule has 0 N–H and O–H groups in total. The molecule has 0 saturated carbocycles. The number of hydrogen-bond acceptors (Lipinski definition) is 8. The Bertz CT molecular complexity index is 1660. The van der Waals surface area contributed by atoms with Crippen LogP contribution in [-0.4, -0.2) is 66.7 Å². The van der Waals surface area contributed by atoms with Crippen molar-refractivity contribution in [2.45, 2.75) is 13.2 Å². The highest BCUT2D eigenvalue weighted by Crippen LogP contribution is 2.24. The van der Waals surface area contributed by atoms with Crippen molar-refractivity contribution < 1.29 is 18.3 Å². The molecule has 212 valence electrons. The van der Waals surface area contributed by atoms with Gasteiger partial charge < -0.3 is 14.5 Å². The van der Waals surface area contributed by atoms with E-state index in [9.17, 15) is 13.6 Å². The number of piperazine rings is 1. The van der Waals surface area contributed by atoms with Crippen LogP contribution in [0.2, 0.25) is 0 Å². The molecule has 12 heteroatoms. The third-order valence-corrected chi connectivity index (χ3v) is 6.86. The molecule has 1 aliphatic rings. The van der Waals surface area contributed by atoms with Crippen LogP contribution in [0.3, 0.4) is 0 Å². The Morgan fingerprint density at radius 3 is 2.29 bits per heavy atom.